The molecule has 27 heavy (non-hydrogen) atoms. The number of nitrogens with one attached hydrogen (secondary N) is 2. The van der Waals surface area contributed by atoms with Crippen LogP contribution in [0.25, 0.3) is 0 Å². The van der Waals surface area contributed by atoms with Crippen LogP contribution in [-0.4, -0.2) is 34.3 Å². The molecule has 0 aliphatic heterocycles. The van der Waals surface area contributed by atoms with Gasteiger partial charge in [0.1, 0.15) is 5.82 Å². The van der Waals surface area contributed by atoms with E-state index < -0.39 is 12.5 Å². The second kappa shape index (κ2) is 9.02. The quantitative estimate of drug-likeness (QED) is 0.737. The van der Waals surface area contributed by atoms with Crippen molar-refractivity contribution >= 4 is 17.6 Å². The molecular formula is C18H20F2N4O3. The smallest absolute Gasteiger partial charge is 0.278 e. The number of hydrogen-bond donors (Lipinski definition) is 2. The Morgan fingerprint density at radius 3 is 2.63 bits per heavy atom. The highest BCUT2D eigenvalue weighted by molar-refractivity contribution is 5.96. The monoisotopic (exact) mass is 378 g/mol. The molecule has 2 heterocycles. The van der Waals surface area contributed by atoms with Crippen molar-refractivity contribution in [1.29, 1.82) is 0 Å². The summed E-state index contributed by atoms with van der Waals surface area (Å²) in [6.07, 6.45) is 3.17. The average Bonchev–Trinajstić information content (AvgIpc) is 2.64. The maximum absolute atomic E-state index is 12.7. The number of rotatable bonds is 8. The molecule has 2 rings (SSSR count). The van der Waals surface area contributed by atoms with E-state index >= 15 is 0 Å². The molecule has 0 atom stereocenters. The Morgan fingerprint density at radius 1 is 1.22 bits per heavy atom. The molecule has 144 valence electrons. The van der Waals surface area contributed by atoms with Gasteiger partial charge in [-0.2, -0.15) is 0 Å². The Bertz CT molecular complexity index is 792. The minimum atomic E-state index is -2.94. The van der Waals surface area contributed by atoms with Crippen LogP contribution in [0.5, 0.6) is 5.88 Å². The number of carbonyl (C=O) groups is 2. The summed E-state index contributed by atoms with van der Waals surface area (Å²) in [6.45, 7) is 1.91. The minimum Gasteiger partial charge on any atom is -0.471 e. The number of alkyl halides is 2. The predicted molar refractivity (Wildman–Crippen MR) is 94.7 cm³/mol. The van der Waals surface area contributed by atoms with Gasteiger partial charge in [-0.15, -0.1) is 0 Å². The summed E-state index contributed by atoms with van der Waals surface area (Å²) < 4.78 is 30.4. The summed E-state index contributed by atoms with van der Waals surface area (Å²) in [5.74, 6) is -3.11. The van der Waals surface area contributed by atoms with Gasteiger partial charge in [0.05, 0.1) is 0 Å². The first-order valence-corrected chi connectivity index (χ1v) is 8.26. The van der Waals surface area contributed by atoms with Crippen LogP contribution in [0.1, 0.15) is 36.2 Å². The van der Waals surface area contributed by atoms with Crippen molar-refractivity contribution in [2.24, 2.45) is 0 Å². The Balaban J connectivity index is 1.90. The molecule has 7 nitrogen and oxygen atoms in total. The lowest BCUT2D eigenvalue weighted by Gasteiger charge is -2.11. The Hall–Kier alpha value is -3.10. The highest BCUT2D eigenvalue weighted by Gasteiger charge is 2.22. The van der Waals surface area contributed by atoms with Crippen LogP contribution >= 0.6 is 0 Å². The van der Waals surface area contributed by atoms with Crippen molar-refractivity contribution in [1.82, 2.24) is 15.3 Å². The highest BCUT2D eigenvalue weighted by Crippen LogP contribution is 2.15. The van der Waals surface area contributed by atoms with Crippen molar-refractivity contribution in [3.8, 4) is 5.88 Å². The summed E-state index contributed by atoms with van der Waals surface area (Å²) in [7, 11) is 0. The number of nitrogens with zero attached hydrogens (tertiary/aromatic N) is 2. The minimum absolute atomic E-state index is 0.0806. The Morgan fingerprint density at radius 2 is 2.00 bits per heavy atom. The largest absolute Gasteiger partial charge is 0.471 e. The van der Waals surface area contributed by atoms with Gasteiger partial charge in [0.2, 0.25) is 11.8 Å². The van der Waals surface area contributed by atoms with Gasteiger partial charge >= 0.3 is 0 Å². The second-order valence-corrected chi connectivity index (χ2v) is 5.88. The van der Waals surface area contributed by atoms with Gasteiger partial charge in [-0.1, -0.05) is 13.0 Å². The van der Waals surface area contributed by atoms with E-state index in [2.05, 4.69) is 20.6 Å². The van der Waals surface area contributed by atoms with Crippen molar-refractivity contribution in [2.45, 2.75) is 32.7 Å². The zero-order valence-electron chi connectivity index (χ0n) is 15.0. The molecule has 2 amide bonds. The number of hydrogen-bond acceptors (Lipinski definition) is 5. The molecule has 0 fully saturated rings. The van der Waals surface area contributed by atoms with Crippen LogP contribution in [0.2, 0.25) is 0 Å². The van der Waals surface area contributed by atoms with Crippen molar-refractivity contribution in [2.75, 3.05) is 11.9 Å². The van der Waals surface area contributed by atoms with Crippen LogP contribution in [0.4, 0.5) is 14.6 Å². The molecule has 0 spiro atoms. The van der Waals surface area contributed by atoms with E-state index in [0.29, 0.717) is 23.4 Å². The van der Waals surface area contributed by atoms with Gasteiger partial charge < -0.3 is 15.4 Å². The molecule has 0 aliphatic carbocycles. The summed E-state index contributed by atoms with van der Waals surface area (Å²) >= 11 is 0. The molecule has 2 aromatic rings. The molecule has 0 saturated heterocycles. The van der Waals surface area contributed by atoms with E-state index in [-0.39, 0.29) is 24.2 Å². The number of carbonyl (C=O) groups excluding carboxylic acids is 2. The van der Waals surface area contributed by atoms with Crippen LogP contribution in [0.15, 0.2) is 36.7 Å². The molecule has 0 bridgehead atoms. The van der Waals surface area contributed by atoms with Gasteiger partial charge in [-0.05, 0) is 17.7 Å². The van der Waals surface area contributed by atoms with Gasteiger partial charge in [-0.3, -0.25) is 9.59 Å². The first-order valence-electron chi connectivity index (χ1n) is 8.26. The van der Waals surface area contributed by atoms with Gasteiger partial charge in [0, 0.05) is 43.9 Å². The lowest BCUT2D eigenvalue weighted by atomic mass is 10.2. The lowest BCUT2D eigenvalue weighted by Crippen LogP contribution is -2.23. The summed E-state index contributed by atoms with van der Waals surface area (Å²) in [6, 6.07) is 6.08. The molecular weight excluding hydrogens is 358 g/mol. The molecule has 0 unspecified atom stereocenters. The van der Waals surface area contributed by atoms with Crippen molar-refractivity contribution in [3.05, 3.63) is 47.8 Å². The van der Waals surface area contributed by atoms with Crippen LogP contribution in [0, 0.1) is 0 Å². The van der Waals surface area contributed by atoms with E-state index in [9.17, 15) is 18.4 Å². The average molecular weight is 378 g/mol. The molecule has 0 radical (unpaired) electrons. The zero-order valence-corrected chi connectivity index (χ0v) is 15.0. The first-order chi connectivity index (χ1) is 12.8. The SMILES string of the molecule is CCC(=O)Nc1cc(C(=O)NCc2ccc(OCC(C)(F)F)nc2)ccn1. The van der Waals surface area contributed by atoms with E-state index in [4.69, 9.17) is 4.74 Å². The number of aromatic nitrogens is 2. The summed E-state index contributed by atoms with van der Waals surface area (Å²) in [5, 5.41) is 5.29. The first kappa shape index (κ1) is 20.2. The maximum atomic E-state index is 12.7. The summed E-state index contributed by atoms with van der Waals surface area (Å²) in [4.78, 5) is 31.5. The molecule has 0 saturated carbocycles. The van der Waals surface area contributed by atoms with E-state index in [1.165, 1.54) is 30.6 Å². The number of pyridine rings is 2. The third-order valence-corrected chi connectivity index (χ3v) is 3.33. The fourth-order valence-electron chi connectivity index (χ4n) is 1.96. The fourth-order valence-corrected chi connectivity index (χ4v) is 1.96. The Labute approximate surface area is 155 Å². The van der Waals surface area contributed by atoms with Crippen LogP contribution in [0.3, 0.4) is 0 Å². The third kappa shape index (κ3) is 6.96. The van der Waals surface area contributed by atoms with Crippen LogP contribution < -0.4 is 15.4 Å². The molecule has 2 N–H and O–H groups in total. The molecule has 9 heteroatoms. The molecule has 0 aliphatic rings. The van der Waals surface area contributed by atoms with E-state index in [1.54, 1.807) is 13.0 Å². The number of ether oxygens (including phenoxy) is 1. The Kier molecular flexibility index (Phi) is 6.75. The third-order valence-electron chi connectivity index (χ3n) is 3.33. The summed E-state index contributed by atoms with van der Waals surface area (Å²) in [5.41, 5.74) is 1.02. The number of anilines is 1. The molecule has 0 aromatic carbocycles. The zero-order chi connectivity index (χ0) is 19.9. The van der Waals surface area contributed by atoms with E-state index in [0.717, 1.165) is 6.92 Å². The van der Waals surface area contributed by atoms with Crippen molar-refractivity contribution < 1.29 is 23.1 Å². The standard InChI is InChI=1S/C18H20F2N4O3/c1-3-15(25)24-14-8-13(6-7-21-14)17(26)23-10-12-4-5-16(22-9-12)27-11-18(2,19)20/h4-9H,3,10-11H2,1-2H3,(H,23,26)(H,21,24,25). The van der Waals surface area contributed by atoms with Crippen molar-refractivity contribution in [3.63, 3.8) is 0 Å². The lowest BCUT2D eigenvalue weighted by molar-refractivity contribution is -0.115. The van der Waals surface area contributed by atoms with Gasteiger partial charge in [0.25, 0.3) is 11.8 Å². The second-order valence-electron chi connectivity index (χ2n) is 5.88. The number of amides is 2. The van der Waals surface area contributed by atoms with Gasteiger partial charge in [0.15, 0.2) is 6.61 Å². The van der Waals surface area contributed by atoms with Gasteiger partial charge in [-0.25, -0.2) is 18.7 Å². The highest BCUT2D eigenvalue weighted by atomic mass is 19.3. The molecule has 2 aromatic heterocycles. The van der Waals surface area contributed by atoms with Crippen LogP contribution in [-0.2, 0) is 11.3 Å². The van der Waals surface area contributed by atoms with E-state index in [1.807, 2.05) is 0 Å². The maximum Gasteiger partial charge on any atom is 0.278 e. The normalized spacial score (nSPS) is 11.0. The topological polar surface area (TPSA) is 93.2 Å². The number of halogens is 2. The predicted octanol–water partition coefficient (Wildman–Crippen LogP) is 2.79. The fraction of sp³-hybridized carbons (Fsp3) is 0.333.